The normalized spacial score (nSPS) is 11.9. The summed E-state index contributed by atoms with van der Waals surface area (Å²) < 4.78 is 41.6. The van der Waals surface area contributed by atoms with Gasteiger partial charge in [0, 0.05) is 18.0 Å². The molecular weight excluding hydrogens is 311 g/mol. The van der Waals surface area contributed by atoms with Crippen LogP contribution in [0.1, 0.15) is 18.7 Å². The van der Waals surface area contributed by atoms with Crippen molar-refractivity contribution in [3.05, 3.63) is 54.1 Å². The van der Waals surface area contributed by atoms with Crippen molar-refractivity contribution >= 4 is 11.7 Å². The molecule has 2 aromatic rings. The summed E-state index contributed by atoms with van der Waals surface area (Å²) in [7, 11) is 0. The van der Waals surface area contributed by atoms with Gasteiger partial charge < -0.3 is 15.4 Å². The van der Waals surface area contributed by atoms with Crippen LogP contribution in [0.25, 0.3) is 0 Å². The Labute approximate surface area is 130 Å². The number of halogens is 3. The lowest BCUT2D eigenvalue weighted by atomic mass is 10.2. The first-order valence-corrected chi connectivity index (χ1v) is 6.68. The van der Waals surface area contributed by atoms with E-state index in [4.69, 9.17) is 0 Å². The summed E-state index contributed by atoms with van der Waals surface area (Å²) in [5.74, 6) is -1.59. The van der Waals surface area contributed by atoms with Gasteiger partial charge in [-0.1, -0.05) is 6.07 Å². The lowest BCUT2D eigenvalue weighted by molar-refractivity contribution is -0.0521. The zero-order chi connectivity index (χ0) is 16.8. The van der Waals surface area contributed by atoms with E-state index in [2.05, 4.69) is 20.4 Å². The number of nitrogens with zero attached hydrogens (tertiary/aromatic N) is 1. The van der Waals surface area contributed by atoms with Crippen LogP contribution >= 0.6 is 0 Å². The van der Waals surface area contributed by atoms with E-state index in [0.717, 1.165) is 12.1 Å². The molecule has 1 heterocycles. The highest BCUT2D eigenvalue weighted by atomic mass is 19.3. The molecule has 2 amide bonds. The average Bonchev–Trinajstić information content (AvgIpc) is 2.50. The minimum Gasteiger partial charge on any atom is -0.432 e. The van der Waals surface area contributed by atoms with E-state index >= 15 is 0 Å². The highest BCUT2D eigenvalue weighted by molar-refractivity contribution is 5.89. The first-order chi connectivity index (χ1) is 11.0. The zero-order valence-electron chi connectivity index (χ0n) is 12.1. The summed E-state index contributed by atoms with van der Waals surface area (Å²) in [4.78, 5) is 15.9. The number of nitrogens with one attached hydrogen (secondary N) is 2. The van der Waals surface area contributed by atoms with Crippen molar-refractivity contribution in [3.63, 3.8) is 0 Å². The van der Waals surface area contributed by atoms with E-state index in [9.17, 15) is 18.0 Å². The third-order valence-corrected chi connectivity index (χ3v) is 2.88. The van der Waals surface area contributed by atoms with Crippen molar-refractivity contribution in [2.45, 2.75) is 19.6 Å². The van der Waals surface area contributed by atoms with E-state index < -0.39 is 24.2 Å². The molecule has 23 heavy (non-hydrogen) atoms. The molecule has 0 aliphatic heterocycles. The lowest BCUT2D eigenvalue weighted by Gasteiger charge is -2.14. The van der Waals surface area contributed by atoms with Crippen molar-refractivity contribution in [1.29, 1.82) is 0 Å². The third-order valence-electron chi connectivity index (χ3n) is 2.88. The molecule has 0 bridgehead atoms. The standard InChI is InChI=1S/C15H14F3N3O2/c1-9(12-4-2-3-7-19-12)20-15(22)21-10-5-6-13(11(16)8-10)23-14(17)18/h2-9,14H,1H3,(H2,20,21,22)/t9-/m1/s1. The number of aromatic nitrogens is 1. The molecule has 1 aromatic heterocycles. The first kappa shape index (κ1) is 16.6. The van der Waals surface area contributed by atoms with Crippen LogP contribution in [0.15, 0.2) is 42.6 Å². The van der Waals surface area contributed by atoms with Gasteiger partial charge >= 0.3 is 12.6 Å². The van der Waals surface area contributed by atoms with Crippen LogP contribution in [-0.4, -0.2) is 17.6 Å². The Balaban J connectivity index is 1.96. The largest absolute Gasteiger partial charge is 0.432 e. The second kappa shape index (κ2) is 7.48. The van der Waals surface area contributed by atoms with E-state index in [1.807, 2.05) is 0 Å². The Hall–Kier alpha value is -2.77. The van der Waals surface area contributed by atoms with Crippen LogP contribution in [0.5, 0.6) is 5.75 Å². The maximum atomic E-state index is 13.5. The van der Waals surface area contributed by atoms with Crippen LogP contribution in [0.4, 0.5) is 23.7 Å². The van der Waals surface area contributed by atoms with Gasteiger partial charge in [-0.3, -0.25) is 4.98 Å². The molecule has 0 radical (unpaired) electrons. The van der Waals surface area contributed by atoms with Crippen molar-refractivity contribution in [2.24, 2.45) is 0 Å². The van der Waals surface area contributed by atoms with Crippen LogP contribution < -0.4 is 15.4 Å². The molecule has 0 aliphatic rings. The van der Waals surface area contributed by atoms with Gasteiger partial charge in [-0.15, -0.1) is 0 Å². The van der Waals surface area contributed by atoms with Gasteiger partial charge in [-0.25, -0.2) is 9.18 Å². The number of urea groups is 1. The van der Waals surface area contributed by atoms with E-state index in [0.29, 0.717) is 5.69 Å². The number of hydrogen-bond acceptors (Lipinski definition) is 3. The second-order valence-electron chi connectivity index (χ2n) is 4.60. The van der Waals surface area contributed by atoms with E-state index in [-0.39, 0.29) is 11.7 Å². The van der Waals surface area contributed by atoms with Crippen molar-refractivity contribution < 1.29 is 22.7 Å². The SMILES string of the molecule is C[C@@H](NC(=O)Nc1ccc(OC(F)F)c(F)c1)c1ccccn1. The molecular formula is C15H14F3N3O2. The summed E-state index contributed by atoms with van der Waals surface area (Å²) in [6, 6.07) is 7.51. The maximum Gasteiger partial charge on any atom is 0.387 e. The molecule has 0 spiro atoms. The molecule has 1 atom stereocenters. The number of benzene rings is 1. The topological polar surface area (TPSA) is 63.2 Å². The number of carbonyl (C=O) groups is 1. The molecule has 8 heteroatoms. The van der Waals surface area contributed by atoms with Gasteiger partial charge in [0.25, 0.3) is 0 Å². The monoisotopic (exact) mass is 325 g/mol. The minimum absolute atomic E-state index is 0.106. The van der Waals surface area contributed by atoms with Crippen LogP contribution in [0.3, 0.4) is 0 Å². The minimum atomic E-state index is -3.12. The smallest absolute Gasteiger partial charge is 0.387 e. The Morgan fingerprint density at radius 2 is 2.04 bits per heavy atom. The molecule has 2 N–H and O–H groups in total. The fourth-order valence-corrected chi connectivity index (χ4v) is 1.84. The van der Waals surface area contributed by atoms with Gasteiger partial charge in [0.1, 0.15) is 0 Å². The van der Waals surface area contributed by atoms with Gasteiger partial charge in [0.05, 0.1) is 11.7 Å². The van der Waals surface area contributed by atoms with Crippen molar-refractivity contribution in [3.8, 4) is 5.75 Å². The number of carbonyl (C=O) groups excluding carboxylic acids is 1. The summed E-state index contributed by atoms with van der Waals surface area (Å²) in [6.07, 6.45) is 1.60. The molecule has 2 rings (SSSR count). The molecule has 0 unspecified atom stereocenters. The predicted molar refractivity (Wildman–Crippen MR) is 77.8 cm³/mol. The van der Waals surface area contributed by atoms with Crippen molar-refractivity contribution in [2.75, 3.05) is 5.32 Å². The molecule has 122 valence electrons. The number of rotatable bonds is 5. The summed E-state index contributed by atoms with van der Waals surface area (Å²) in [5.41, 5.74) is 0.768. The number of alkyl halides is 2. The van der Waals surface area contributed by atoms with Crippen LogP contribution in [-0.2, 0) is 0 Å². The quantitative estimate of drug-likeness (QED) is 0.881. The van der Waals surface area contributed by atoms with E-state index in [1.54, 1.807) is 31.3 Å². The molecule has 0 aliphatic carbocycles. The van der Waals surface area contributed by atoms with Crippen molar-refractivity contribution in [1.82, 2.24) is 10.3 Å². The number of pyridine rings is 1. The highest BCUT2D eigenvalue weighted by Gasteiger charge is 2.13. The number of ether oxygens (including phenoxy) is 1. The zero-order valence-corrected chi connectivity index (χ0v) is 12.1. The number of anilines is 1. The van der Waals surface area contributed by atoms with Crippen LogP contribution in [0.2, 0.25) is 0 Å². The third kappa shape index (κ3) is 4.87. The fraction of sp³-hybridized carbons (Fsp3) is 0.200. The Bertz CT molecular complexity index is 668. The Morgan fingerprint density at radius 1 is 1.26 bits per heavy atom. The van der Waals surface area contributed by atoms with Gasteiger partial charge in [-0.2, -0.15) is 8.78 Å². The second-order valence-corrected chi connectivity index (χ2v) is 4.60. The predicted octanol–water partition coefficient (Wildman–Crippen LogP) is 3.70. The van der Waals surface area contributed by atoms with Crippen LogP contribution in [0, 0.1) is 5.82 Å². The molecule has 5 nitrogen and oxygen atoms in total. The average molecular weight is 325 g/mol. The van der Waals surface area contributed by atoms with Gasteiger partial charge in [0.15, 0.2) is 11.6 Å². The summed E-state index contributed by atoms with van der Waals surface area (Å²) in [5, 5.41) is 5.03. The summed E-state index contributed by atoms with van der Waals surface area (Å²) in [6.45, 7) is -1.38. The molecule has 0 saturated carbocycles. The highest BCUT2D eigenvalue weighted by Crippen LogP contribution is 2.22. The lowest BCUT2D eigenvalue weighted by Crippen LogP contribution is -2.31. The fourth-order valence-electron chi connectivity index (χ4n) is 1.84. The summed E-state index contributed by atoms with van der Waals surface area (Å²) >= 11 is 0. The van der Waals surface area contributed by atoms with E-state index in [1.165, 1.54) is 6.07 Å². The number of amides is 2. The maximum absolute atomic E-state index is 13.5. The van der Waals surface area contributed by atoms with Gasteiger partial charge in [0.2, 0.25) is 0 Å². The Morgan fingerprint density at radius 3 is 2.65 bits per heavy atom. The number of hydrogen-bond donors (Lipinski definition) is 2. The first-order valence-electron chi connectivity index (χ1n) is 6.68. The molecule has 0 fully saturated rings. The Kier molecular flexibility index (Phi) is 5.40. The molecule has 0 saturated heterocycles. The molecule has 1 aromatic carbocycles. The van der Waals surface area contributed by atoms with Gasteiger partial charge in [-0.05, 0) is 31.2 Å².